The third kappa shape index (κ3) is 2.96. The van der Waals surface area contributed by atoms with Crippen molar-refractivity contribution in [1.29, 1.82) is 0 Å². The second-order valence-corrected chi connectivity index (χ2v) is 7.94. The van der Waals surface area contributed by atoms with Gasteiger partial charge >= 0.3 is 0 Å². The fraction of sp³-hybridized carbons (Fsp3) is 0.350. The monoisotopic (exact) mass is 357 g/mol. The number of thioether (sulfide) groups is 1. The van der Waals surface area contributed by atoms with E-state index in [1.165, 1.54) is 12.1 Å². The summed E-state index contributed by atoms with van der Waals surface area (Å²) in [6, 6.07) is 14.0. The van der Waals surface area contributed by atoms with E-state index >= 15 is 0 Å². The fourth-order valence-electron chi connectivity index (χ4n) is 3.59. The molecule has 1 atom stereocenters. The van der Waals surface area contributed by atoms with Crippen molar-refractivity contribution in [3.8, 4) is 0 Å². The molecule has 2 aromatic carbocycles. The molecule has 5 heteroatoms. The normalized spacial score (nSPS) is 23.6. The number of fused-ring (bicyclic) bond motifs is 1. The van der Waals surface area contributed by atoms with Crippen LogP contribution in [0.4, 0.5) is 4.39 Å². The van der Waals surface area contributed by atoms with Gasteiger partial charge in [0.25, 0.3) is 0 Å². The number of rotatable bonds is 4. The molecule has 2 N–H and O–H groups in total. The standard InChI is InChI=1S/C20H20FNO2S/c21-16-7-5-15(6-8-16)19(9-10-19)18(23)22-12-20(24)13-25-11-14-3-1-2-4-17(14)20/h1-8,24H,9-13H2,(H,22,23). The van der Waals surface area contributed by atoms with Crippen molar-refractivity contribution in [3.05, 3.63) is 71.0 Å². The summed E-state index contributed by atoms with van der Waals surface area (Å²) in [4.78, 5) is 12.8. The molecule has 4 rings (SSSR count). The fourth-order valence-corrected chi connectivity index (χ4v) is 4.76. The summed E-state index contributed by atoms with van der Waals surface area (Å²) in [5.74, 6) is 1.06. The molecule has 25 heavy (non-hydrogen) atoms. The number of carbonyl (C=O) groups excluding carboxylic acids is 1. The molecule has 1 unspecified atom stereocenters. The molecule has 1 aliphatic heterocycles. The second kappa shape index (κ2) is 6.15. The highest BCUT2D eigenvalue weighted by molar-refractivity contribution is 7.98. The Balaban J connectivity index is 1.50. The van der Waals surface area contributed by atoms with Gasteiger partial charge in [0.1, 0.15) is 11.4 Å². The molecule has 1 heterocycles. The highest BCUT2D eigenvalue weighted by Gasteiger charge is 2.51. The van der Waals surface area contributed by atoms with Crippen molar-refractivity contribution < 1.29 is 14.3 Å². The molecule has 0 spiro atoms. The lowest BCUT2D eigenvalue weighted by Gasteiger charge is -2.34. The van der Waals surface area contributed by atoms with E-state index in [4.69, 9.17) is 0 Å². The summed E-state index contributed by atoms with van der Waals surface area (Å²) in [6.07, 6.45) is 1.52. The Morgan fingerprint density at radius 2 is 1.88 bits per heavy atom. The Hall–Kier alpha value is -1.85. The molecule has 2 aliphatic rings. The molecule has 0 bridgehead atoms. The number of hydrogen-bond acceptors (Lipinski definition) is 3. The van der Waals surface area contributed by atoms with E-state index in [0.717, 1.165) is 35.3 Å². The number of benzene rings is 2. The van der Waals surface area contributed by atoms with Gasteiger partial charge in [-0.05, 0) is 41.7 Å². The van der Waals surface area contributed by atoms with E-state index in [1.807, 2.05) is 24.3 Å². The van der Waals surface area contributed by atoms with E-state index in [2.05, 4.69) is 5.32 Å². The first-order chi connectivity index (χ1) is 12.0. The van der Waals surface area contributed by atoms with Crippen LogP contribution in [0, 0.1) is 5.82 Å². The first-order valence-corrected chi connectivity index (χ1v) is 9.62. The Labute approximate surface area is 150 Å². The Bertz CT molecular complexity index is 804. The van der Waals surface area contributed by atoms with Gasteiger partial charge in [-0.15, -0.1) is 0 Å². The summed E-state index contributed by atoms with van der Waals surface area (Å²) in [5.41, 5.74) is 1.26. The van der Waals surface area contributed by atoms with E-state index in [1.54, 1.807) is 23.9 Å². The maximum atomic E-state index is 13.1. The summed E-state index contributed by atoms with van der Waals surface area (Å²) >= 11 is 1.67. The third-order valence-corrected chi connectivity index (χ3v) is 6.44. The van der Waals surface area contributed by atoms with Crippen molar-refractivity contribution in [2.45, 2.75) is 29.6 Å². The minimum absolute atomic E-state index is 0.0828. The number of nitrogens with one attached hydrogen (secondary N) is 1. The van der Waals surface area contributed by atoms with E-state index in [0.29, 0.717) is 5.75 Å². The van der Waals surface area contributed by atoms with E-state index in [9.17, 15) is 14.3 Å². The molecule has 1 saturated carbocycles. The molecule has 130 valence electrons. The van der Waals surface area contributed by atoms with Gasteiger partial charge in [-0.2, -0.15) is 11.8 Å². The highest BCUT2D eigenvalue weighted by atomic mass is 32.2. The second-order valence-electron chi connectivity index (χ2n) is 6.95. The quantitative estimate of drug-likeness (QED) is 0.884. The lowest BCUT2D eigenvalue weighted by Crippen LogP contribution is -2.47. The molecule has 2 aromatic rings. The molecular weight excluding hydrogens is 337 g/mol. The highest BCUT2D eigenvalue weighted by Crippen LogP contribution is 2.48. The van der Waals surface area contributed by atoms with Crippen LogP contribution >= 0.6 is 11.8 Å². The van der Waals surface area contributed by atoms with E-state index < -0.39 is 11.0 Å². The van der Waals surface area contributed by atoms with Gasteiger partial charge in [-0.1, -0.05) is 36.4 Å². The van der Waals surface area contributed by atoms with Crippen LogP contribution in [0.2, 0.25) is 0 Å². The van der Waals surface area contributed by atoms with Gasteiger partial charge in [-0.25, -0.2) is 4.39 Å². The third-order valence-electron chi connectivity index (χ3n) is 5.24. The van der Waals surface area contributed by atoms with E-state index in [-0.39, 0.29) is 18.3 Å². The molecule has 0 aromatic heterocycles. The van der Waals surface area contributed by atoms with Crippen LogP contribution in [0.15, 0.2) is 48.5 Å². The van der Waals surface area contributed by atoms with Gasteiger partial charge in [0, 0.05) is 11.5 Å². The van der Waals surface area contributed by atoms with Crippen LogP contribution in [0.3, 0.4) is 0 Å². The van der Waals surface area contributed by atoms with Crippen LogP contribution < -0.4 is 5.32 Å². The maximum Gasteiger partial charge on any atom is 0.230 e. The molecule has 1 amide bonds. The molecule has 0 saturated heterocycles. The lowest BCUT2D eigenvalue weighted by molar-refractivity contribution is -0.124. The van der Waals surface area contributed by atoms with Crippen LogP contribution in [0.1, 0.15) is 29.5 Å². The maximum absolute atomic E-state index is 13.1. The Morgan fingerprint density at radius 3 is 2.60 bits per heavy atom. The molecule has 0 radical (unpaired) electrons. The first kappa shape index (κ1) is 16.6. The Kier molecular flexibility index (Phi) is 4.08. The van der Waals surface area contributed by atoms with Crippen LogP contribution in [0.5, 0.6) is 0 Å². The molecule has 3 nitrogen and oxygen atoms in total. The minimum Gasteiger partial charge on any atom is -0.382 e. The smallest absolute Gasteiger partial charge is 0.230 e. The average molecular weight is 357 g/mol. The van der Waals surface area contributed by atoms with Crippen molar-refractivity contribution in [2.75, 3.05) is 12.3 Å². The summed E-state index contributed by atoms with van der Waals surface area (Å²) in [7, 11) is 0. The summed E-state index contributed by atoms with van der Waals surface area (Å²) < 4.78 is 13.1. The van der Waals surface area contributed by atoms with Crippen molar-refractivity contribution in [2.24, 2.45) is 0 Å². The number of halogens is 1. The number of aliphatic hydroxyl groups is 1. The molecular formula is C20H20FNO2S. The van der Waals surface area contributed by atoms with Crippen LogP contribution in [0.25, 0.3) is 0 Å². The minimum atomic E-state index is -1.05. The van der Waals surface area contributed by atoms with Gasteiger partial charge < -0.3 is 10.4 Å². The van der Waals surface area contributed by atoms with Crippen molar-refractivity contribution >= 4 is 17.7 Å². The van der Waals surface area contributed by atoms with Crippen molar-refractivity contribution in [1.82, 2.24) is 5.32 Å². The largest absolute Gasteiger partial charge is 0.382 e. The number of amides is 1. The summed E-state index contributed by atoms with van der Waals surface area (Å²) in [5, 5.41) is 14.0. The number of carbonyl (C=O) groups is 1. The zero-order valence-corrected chi connectivity index (χ0v) is 14.6. The van der Waals surface area contributed by atoms with Gasteiger partial charge in [0.2, 0.25) is 5.91 Å². The van der Waals surface area contributed by atoms with Gasteiger partial charge in [0.15, 0.2) is 0 Å². The predicted molar refractivity (Wildman–Crippen MR) is 96.8 cm³/mol. The first-order valence-electron chi connectivity index (χ1n) is 8.46. The Morgan fingerprint density at radius 1 is 1.16 bits per heavy atom. The van der Waals surface area contributed by atoms with Crippen LogP contribution in [-0.4, -0.2) is 23.3 Å². The lowest BCUT2D eigenvalue weighted by atomic mass is 9.90. The topological polar surface area (TPSA) is 49.3 Å². The summed E-state index contributed by atoms with van der Waals surface area (Å²) in [6.45, 7) is 0.193. The van der Waals surface area contributed by atoms with Crippen LogP contribution in [-0.2, 0) is 21.6 Å². The van der Waals surface area contributed by atoms with Gasteiger partial charge in [0.05, 0.1) is 12.0 Å². The van der Waals surface area contributed by atoms with Crippen molar-refractivity contribution in [3.63, 3.8) is 0 Å². The average Bonchev–Trinajstić information content (AvgIpc) is 3.43. The molecule has 1 fully saturated rings. The SMILES string of the molecule is O=C(NCC1(O)CSCc2ccccc21)C1(c2ccc(F)cc2)CC1. The molecule has 1 aliphatic carbocycles. The zero-order chi connectivity index (χ0) is 17.5. The number of hydrogen-bond donors (Lipinski definition) is 2. The zero-order valence-electron chi connectivity index (χ0n) is 13.8. The van der Waals surface area contributed by atoms with Gasteiger partial charge in [-0.3, -0.25) is 4.79 Å². The predicted octanol–water partition coefficient (Wildman–Crippen LogP) is 3.11.